The van der Waals surface area contributed by atoms with Crippen LogP contribution in [0.25, 0.3) is 16.9 Å². The third kappa shape index (κ3) is 4.91. The average Bonchev–Trinajstić information content (AvgIpc) is 3.42. The largest absolute Gasteiger partial charge is 0.494 e. The van der Waals surface area contributed by atoms with Crippen molar-refractivity contribution >= 4 is 23.0 Å². The van der Waals surface area contributed by atoms with Gasteiger partial charge in [-0.2, -0.15) is 9.67 Å². The summed E-state index contributed by atoms with van der Waals surface area (Å²) < 4.78 is 12.2. The number of anilines is 1. The highest BCUT2D eigenvalue weighted by molar-refractivity contribution is 5.79. The van der Waals surface area contributed by atoms with Crippen molar-refractivity contribution in [2.75, 3.05) is 32.2 Å². The standard InChI is InChI=1S/C21H27N7O3/c1-3-31-17-8-6-16(7-9-17)28-19-18(26-27-28)13-23-21(25-19)24-15-5-4-14(12-15)20(29)22-10-11-30-2/h6-9,13-15H,3-5,10-12H2,1-2H3,(H,22,29)(H,23,24,25). The van der Waals surface area contributed by atoms with Gasteiger partial charge in [0.05, 0.1) is 25.1 Å². The van der Waals surface area contributed by atoms with E-state index >= 15 is 0 Å². The molecule has 1 aliphatic carbocycles. The summed E-state index contributed by atoms with van der Waals surface area (Å²) in [4.78, 5) is 21.3. The number of carbonyl (C=O) groups excluding carboxylic acids is 1. The van der Waals surface area contributed by atoms with E-state index in [1.807, 2.05) is 31.2 Å². The fourth-order valence-corrected chi connectivity index (χ4v) is 3.78. The number of rotatable bonds is 9. The van der Waals surface area contributed by atoms with Gasteiger partial charge in [0, 0.05) is 25.6 Å². The number of aromatic nitrogens is 5. The predicted molar refractivity (Wildman–Crippen MR) is 115 cm³/mol. The molecule has 1 aromatic carbocycles. The van der Waals surface area contributed by atoms with Crippen LogP contribution in [-0.2, 0) is 9.53 Å². The van der Waals surface area contributed by atoms with Crippen molar-refractivity contribution < 1.29 is 14.3 Å². The fourth-order valence-electron chi connectivity index (χ4n) is 3.78. The number of nitrogens with zero attached hydrogens (tertiary/aromatic N) is 5. The van der Waals surface area contributed by atoms with Crippen molar-refractivity contribution in [2.45, 2.75) is 32.2 Å². The van der Waals surface area contributed by atoms with Crippen molar-refractivity contribution in [1.29, 1.82) is 0 Å². The number of amides is 1. The summed E-state index contributed by atoms with van der Waals surface area (Å²) in [6.45, 7) is 3.62. The molecule has 2 aromatic heterocycles. The van der Waals surface area contributed by atoms with Gasteiger partial charge in [-0.05, 0) is 50.5 Å². The van der Waals surface area contributed by atoms with Gasteiger partial charge in [-0.25, -0.2) is 4.98 Å². The summed E-state index contributed by atoms with van der Waals surface area (Å²) in [7, 11) is 1.62. The average molecular weight is 425 g/mol. The highest BCUT2D eigenvalue weighted by Crippen LogP contribution is 2.28. The third-order valence-electron chi connectivity index (χ3n) is 5.33. The van der Waals surface area contributed by atoms with E-state index in [0.29, 0.717) is 36.9 Å². The van der Waals surface area contributed by atoms with E-state index in [1.54, 1.807) is 18.0 Å². The minimum Gasteiger partial charge on any atom is -0.494 e. The Hall–Kier alpha value is -3.27. The van der Waals surface area contributed by atoms with Gasteiger partial charge in [-0.1, -0.05) is 5.21 Å². The Morgan fingerprint density at radius 3 is 2.87 bits per heavy atom. The summed E-state index contributed by atoms with van der Waals surface area (Å²) in [5.41, 5.74) is 2.07. The van der Waals surface area contributed by atoms with Crippen molar-refractivity contribution in [3.8, 4) is 11.4 Å². The second-order valence-electron chi connectivity index (χ2n) is 7.47. The van der Waals surface area contributed by atoms with Crippen LogP contribution in [0.5, 0.6) is 5.75 Å². The molecule has 0 aliphatic heterocycles. The van der Waals surface area contributed by atoms with Crippen molar-refractivity contribution in [2.24, 2.45) is 5.92 Å². The molecular weight excluding hydrogens is 398 g/mol. The number of ether oxygens (including phenoxy) is 2. The number of methoxy groups -OCH3 is 1. The molecule has 2 atom stereocenters. The fraction of sp³-hybridized carbons (Fsp3) is 0.476. The molecule has 0 spiro atoms. The molecule has 0 bridgehead atoms. The normalized spacial score (nSPS) is 18.3. The lowest BCUT2D eigenvalue weighted by molar-refractivity contribution is -0.125. The lowest BCUT2D eigenvalue weighted by atomic mass is 10.1. The van der Waals surface area contributed by atoms with Crippen molar-refractivity contribution in [3.63, 3.8) is 0 Å². The number of fused-ring (bicyclic) bond motifs is 1. The van der Waals surface area contributed by atoms with Gasteiger partial charge in [0.2, 0.25) is 11.9 Å². The molecule has 0 radical (unpaired) electrons. The van der Waals surface area contributed by atoms with Gasteiger partial charge < -0.3 is 20.1 Å². The molecule has 1 aliphatic rings. The first kappa shape index (κ1) is 21.0. The Kier molecular flexibility index (Phi) is 6.56. The van der Waals surface area contributed by atoms with Gasteiger partial charge in [-0.3, -0.25) is 4.79 Å². The van der Waals surface area contributed by atoms with E-state index in [0.717, 1.165) is 30.7 Å². The first-order valence-corrected chi connectivity index (χ1v) is 10.5. The SMILES string of the molecule is CCOc1ccc(-n2nnc3cnc(NC4CCC(C(=O)NCCOC)C4)nc32)cc1. The van der Waals surface area contributed by atoms with E-state index in [9.17, 15) is 4.79 Å². The number of hydrogen-bond donors (Lipinski definition) is 2. The van der Waals surface area contributed by atoms with Crippen LogP contribution in [0.2, 0.25) is 0 Å². The number of nitrogens with one attached hydrogen (secondary N) is 2. The minimum atomic E-state index is -0.00543. The zero-order valence-corrected chi connectivity index (χ0v) is 17.7. The van der Waals surface area contributed by atoms with Crippen LogP contribution in [-0.4, -0.2) is 63.8 Å². The van der Waals surface area contributed by atoms with Crippen LogP contribution in [0.1, 0.15) is 26.2 Å². The molecule has 1 saturated carbocycles. The lowest BCUT2D eigenvalue weighted by Crippen LogP contribution is -2.32. The topological polar surface area (TPSA) is 116 Å². The Bertz CT molecular complexity index is 1020. The molecule has 31 heavy (non-hydrogen) atoms. The molecule has 10 heteroatoms. The van der Waals surface area contributed by atoms with Gasteiger partial charge in [0.25, 0.3) is 0 Å². The smallest absolute Gasteiger partial charge is 0.225 e. The number of carbonyl (C=O) groups is 1. The summed E-state index contributed by atoms with van der Waals surface area (Å²) in [5, 5.41) is 14.7. The molecule has 1 amide bonds. The first-order valence-electron chi connectivity index (χ1n) is 10.5. The molecule has 164 valence electrons. The summed E-state index contributed by atoms with van der Waals surface area (Å²) >= 11 is 0. The molecule has 2 heterocycles. The summed E-state index contributed by atoms with van der Waals surface area (Å²) in [5.74, 6) is 1.38. The van der Waals surface area contributed by atoms with E-state index in [-0.39, 0.29) is 17.9 Å². The Labute approximate surface area is 180 Å². The van der Waals surface area contributed by atoms with Crippen LogP contribution < -0.4 is 15.4 Å². The Balaban J connectivity index is 1.44. The third-order valence-corrected chi connectivity index (χ3v) is 5.33. The monoisotopic (exact) mass is 425 g/mol. The van der Waals surface area contributed by atoms with Crippen LogP contribution in [0.15, 0.2) is 30.5 Å². The van der Waals surface area contributed by atoms with E-state index < -0.39 is 0 Å². The van der Waals surface area contributed by atoms with E-state index in [1.165, 1.54) is 0 Å². The molecule has 1 fully saturated rings. The maximum Gasteiger partial charge on any atom is 0.225 e. The van der Waals surface area contributed by atoms with Gasteiger partial charge in [0.1, 0.15) is 5.75 Å². The Morgan fingerprint density at radius 2 is 2.10 bits per heavy atom. The highest BCUT2D eigenvalue weighted by atomic mass is 16.5. The van der Waals surface area contributed by atoms with Crippen LogP contribution in [0.4, 0.5) is 5.95 Å². The maximum absolute atomic E-state index is 12.3. The molecule has 0 saturated heterocycles. The molecule has 10 nitrogen and oxygen atoms in total. The summed E-state index contributed by atoms with van der Waals surface area (Å²) in [6.07, 6.45) is 4.13. The Morgan fingerprint density at radius 1 is 1.26 bits per heavy atom. The van der Waals surface area contributed by atoms with Gasteiger partial charge in [0.15, 0.2) is 11.2 Å². The highest BCUT2D eigenvalue weighted by Gasteiger charge is 2.30. The van der Waals surface area contributed by atoms with Crippen LogP contribution in [0.3, 0.4) is 0 Å². The second kappa shape index (κ2) is 9.69. The van der Waals surface area contributed by atoms with Crippen molar-refractivity contribution in [1.82, 2.24) is 30.3 Å². The predicted octanol–water partition coefficient (Wildman–Crippen LogP) is 1.95. The summed E-state index contributed by atoms with van der Waals surface area (Å²) in [6, 6.07) is 7.76. The van der Waals surface area contributed by atoms with Crippen LogP contribution in [0, 0.1) is 5.92 Å². The maximum atomic E-state index is 12.3. The lowest BCUT2D eigenvalue weighted by Gasteiger charge is -2.13. The molecule has 3 aromatic rings. The zero-order chi connectivity index (χ0) is 21.6. The van der Waals surface area contributed by atoms with E-state index in [2.05, 4.69) is 30.9 Å². The first-order chi connectivity index (χ1) is 15.2. The quantitative estimate of drug-likeness (QED) is 0.500. The number of hydrogen-bond acceptors (Lipinski definition) is 8. The molecular formula is C21H27N7O3. The minimum absolute atomic E-state index is 0.00543. The molecule has 4 rings (SSSR count). The zero-order valence-electron chi connectivity index (χ0n) is 17.7. The van der Waals surface area contributed by atoms with Gasteiger partial charge in [-0.15, -0.1) is 5.10 Å². The molecule has 2 N–H and O–H groups in total. The van der Waals surface area contributed by atoms with Gasteiger partial charge >= 0.3 is 0 Å². The second-order valence-corrected chi connectivity index (χ2v) is 7.47. The van der Waals surface area contributed by atoms with Crippen molar-refractivity contribution in [3.05, 3.63) is 30.5 Å². The number of benzene rings is 1. The van der Waals surface area contributed by atoms with E-state index in [4.69, 9.17) is 9.47 Å². The van der Waals surface area contributed by atoms with Crippen LogP contribution >= 0.6 is 0 Å². The molecule has 2 unspecified atom stereocenters.